The van der Waals surface area contributed by atoms with Crippen molar-refractivity contribution in [1.82, 2.24) is 0 Å². The summed E-state index contributed by atoms with van der Waals surface area (Å²) in [7, 11) is 0. The first-order valence-corrected chi connectivity index (χ1v) is 33.4. The second-order valence-corrected chi connectivity index (χ2v) is 23.7. The van der Waals surface area contributed by atoms with Crippen LogP contribution in [0.4, 0.5) is 0 Å². The van der Waals surface area contributed by atoms with Gasteiger partial charge in [-0.15, -0.1) is 0 Å². The first-order chi connectivity index (χ1) is 35.3. The second-order valence-electron chi connectivity index (χ2n) is 22.2. The molecule has 0 spiro atoms. The van der Waals surface area contributed by atoms with E-state index in [9.17, 15) is 5.53 Å². The van der Waals surface area contributed by atoms with Crippen molar-refractivity contribution < 1.29 is 19.1 Å². The molecule has 2 aromatic rings. The molecule has 0 atom stereocenters. The van der Waals surface area contributed by atoms with E-state index in [4.69, 9.17) is 0 Å². The average Bonchev–Trinajstić information content (AvgIpc) is 3.64. The van der Waals surface area contributed by atoms with Crippen molar-refractivity contribution in [2.24, 2.45) is 0 Å². The molecular formula is C69H120N2Ni. The summed E-state index contributed by atoms with van der Waals surface area (Å²) in [6.07, 6.45) is 54.0. The van der Waals surface area contributed by atoms with Gasteiger partial charge >= 0.3 is 167 Å². The van der Waals surface area contributed by atoms with Crippen LogP contribution in [0.5, 0.6) is 0 Å². The van der Waals surface area contributed by atoms with Crippen LogP contribution in [0.1, 0.15) is 338 Å². The van der Waals surface area contributed by atoms with Crippen molar-refractivity contribution in [3.63, 3.8) is 0 Å². The van der Waals surface area contributed by atoms with Gasteiger partial charge in [-0.25, -0.2) is 4.70 Å². The van der Waals surface area contributed by atoms with Crippen molar-refractivity contribution in [3.8, 4) is 0 Å². The van der Waals surface area contributed by atoms with E-state index in [1.807, 2.05) is 14.4 Å². The van der Waals surface area contributed by atoms with E-state index in [1.165, 1.54) is 274 Å². The zero-order valence-corrected chi connectivity index (χ0v) is 50.9. The average molecular weight is 1040 g/mol. The molecule has 0 aliphatic carbocycles. The fourth-order valence-corrected chi connectivity index (χ4v) is 12.2. The zero-order chi connectivity index (χ0) is 52.4. The van der Waals surface area contributed by atoms with Crippen molar-refractivity contribution in [2.75, 3.05) is 0 Å². The van der Waals surface area contributed by atoms with Crippen LogP contribution in [0.15, 0.2) is 35.4 Å². The fourth-order valence-electron chi connectivity index (χ4n) is 11.0. The second kappa shape index (κ2) is 44.2. The molecule has 0 saturated heterocycles. The molecule has 0 bridgehead atoms. The minimum absolute atomic E-state index is 1.00. The Kier molecular flexibility index (Phi) is 40.6. The van der Waals surface area contributed by atoms with Crippen LogP contribution in [-0.4, -0.2) is 4.70 Å². The number of benzene rings is 2. The van der Waals surface area contributed by atoms with Crippen LogP contribution in [0.25, 0.3) is 16.9 Å². The molecule has 1 heterocycles. The Hall–Kier alpha value is -1.99. The van der Waals surface area contributed by atoms with Gasteiger partial charge in [0.2, 0.25) is 11.4 Å². The molecule has 0 fully saturated rings. The van der Waals surface area contributed by atoms with Gasteiger partial charge in [-0.3, -0.25) is 0 Å². The standard InChI is InChI=1S/C45H70N2.2C12H25.Ni/c1-9-16-23-35-30-39(31-36(24-17-10-2)42(35)28-21-14-6)44-34(8)41(27-20-13-5)45(47(44)46)40-32-37(25-18-11-3)43(29-22-15-7)38(33-40)26-19-12-4;2*1-3-5-7-9-11-12-10-8-6-4-2;/h30-33H,9-29H2,1-8H3;2*1,3-12H2,2H3;. The van der Waals surface area contributed by atoms with Gasteiger partial charge in [-0.05, 0) is 154 Å². The van der Waals surface area contributed by atoms with Crippen LogP contribution >= 0.6 is 0 Å². The molecular weight excluding hydrogens is 915 g/mol. The molecule has 0 N–H and O–H groups in total. The van der Waals surface area contributed by atoms with Crippen LogP contribution in [0.2, 0.25) is 10.8 Å². The summed E-state index contributed by atoms with van der Waals surface area (Å²) in [5.41, 5.74) is 28.8. The normalized spacial score (nSPS) is 12.8. The first kappa shape index (κ1) is 66.1. The van der Waals surface area contributed by atoms with E-state index in [0.717, 1.165) is 56.3 Å². The molecule has 0 saturated carbocycles. The molecule has 2 nitrogen and oxygen atoms in total. The summed E-state index contributed by atoms with van der Waals surface area (Å²) in [4.78, 5) is 0. The van der Waals surface area contributed by atoms with Gasteiger partial charge in [0, 0.05) is 22.3 Å². The van der Waals surface area contributed by atoms with Crippen LogP contribution in [-0.2, 0) is 53.0 Å². The van der Waals surface area contributed by atoms with E-state index < -0.39 is 0 Å². The van der Waals surface area contributed by atoms with Gasteiger partial charge in [0.25, 0.3) is 0 Å². The SMILES string of the molecule is CCCCC1=C(c2cc(CCCC)c(CCCC)c(CCCC)c2)[N+](=[N-])C(c2cc(CCCC)c(CCCC)c(CCCC)c2)=C1C.CCCCCCCCCCC[CH2][Ni][CH2]CCCCCCCCCCC. The topological polar surface area (TPSA) is 25.3 Å². The predicted molar refractivity (Wildman–Crippen MR) is 321 cm³/mol. The molecule has 0 amide bonds. The Bertz CT molecular complexity index is 1660. The zero-order valence-electron chi connectivity index (χ0n) is 49.9. The van der Waals surface area contributed by atoms with Gasteiger partial charge in [-0.2, -0.15) is 0 Å². The molecule has 416 valence electrons. The van der Waals surface area contributed by atoms with Crippen LogP contribution in [0.3, 0.4) is 0 Å². The quantitative estimate of drug-likeness (QED) is 0.0359. The number of hydrogen-bond acceptors (Lipinski definition) is 0. The fraction of sp³-hybridized carbons (Fsp3) is 0.768. The van der Waals surface area contributed by atoms with E-state index in [2.05, 4.69) is 93.5 Å². The van der Waals surface area contributed by atoms with Crippen molar-refractivity contribution in [2.45, 2.75) is 343 Å². The Labute approximate surface area is 456 Å². The predicted octanol–water partition coefficient (Wildman–Crippen LogP) is 23.9. The Balaban J connectivity index is 0.000000601. The van der Waals surface area contributed by atoms with Gasteiger partial charge < -0.3 is 5.53 Å². The van der Waals surface area contributed by atoms with E-state index in [0.29, 0.717) is 0 Å². The van der Waals surface area contributed by atoms with E-state index in [1.54, 1.807) is 15.8 Å². The number of aryl methyl sites for hydroxylation is 4. The molecule has 0 unspecified atom stereocenters. The Morgan fingerprint density at radius 3 is 0.903 bits per heavy atom. The molecule has 3 rings (SSSR count). The van der Waals surface area contributed by atoms with Gasteiger partial charge in [0.15, 0.2) is 0 Å². The maximum atomic E-state index is 12.4. The number of nitrogens with zero attached hydrogens (tertiary/aromatic N) is 2. The maximum absolute atomic E-state index is 12.4. The van der Waals surface area contributed by atoms with Crippen LogP contribution in [0, 0.1) is 0 Å². The monoisotopic (exact) mass is 1030 g/mol. The van der Waals surface area contributed by atoms with Gasteiger partial charge in [0.1, 0.15) is 0 Å². The van der Waals surface area contributed by atoms with Gasteiger partial charge in [-0.1, -0.05) is 93.4 Å². The summed E-state index contributed by atoms with van der Waals surface area (Å²) in [5.74, 6) is 0. The molecule has 1 aliphatic heterocycles. The summed E-state index contributed by atoms with van der Waals surface area (Å²) < 4.78 is 1.63. The molecule has 72 heavy (non-hydrogen) atoms. The summed E-state index contributed by atoms with van der Waals surface area (Å²) in [6, 6.07) is 9.88. The molecule has 0 aromatic heterocycles. The minimum atomic E-state index is 1.00. The molecule has 0 radical (unpaired) electrons. The van der Waals surface area contributed by atoms with Crippen molar-refractivity contribution in [3.05, 3.63) is 85.5 Å². The number of hydrogen-bond donors (Lipinski definition) is 0. The number of allylic oxidation sites excluding steroid dienone is 2. The summed E-state index contributed by atoms with van der Waals surface area (Å²) >= 11 is 2.03. The van der Waals surface area contributed by atoms with Crippen LogP contribution < -0.4 is 0 Å². The molecule has 3 heteroatoms. The van der Waals surface area contributed by atoms with Crippen molar-refractivity contribution >= 4 is 11.4 Å². The van der Waals surface area contributed by atoms with Crippen molar-refractivity contribution in [1.29, 1.82) is 0 Å². The first-order valence-electron chi connectivity index (χ1n) is 32.0. The van der Waals surface area contributed by atoms with Gasteiger partial charge in [0.05, 0.1) is 0 Å². The van der Waals surface area contributed by atoms with E-state index in [-0.39, 0.29) is 0 Å². The number of rotatable bonds is 45. The van der Waals surface area contributed by atoms with E-state index >= 15 is 0 Å². The summed E-state index contributed by atoms with van der Waals surface area (Å²) in [6.45, 7) is 23.0. The summed E-state index contributed by atoms with van der Waals surface area (Å²) in [5, 5.41) is 2.86. The molecule has 2 aromatic carbocycles. The third kappa shape index (κ3) is 26.2. The third-order valence-electron chi connectivity index (χ3n) is 15.6. The Morgan fingerprint density at radius 1 is 0.319 bits per heavy atom. The Morgan fingerprint density at radius 2 is 0.583 bits per heavy atom. The number of unbranched alkanes of at least 4 members (excludes halogenated alkanes) is 25. The third-order valence-corrected chi connectivity index (χ3v) is 17.0. The molecule has 1 aliphatic rings.